The smallest absolute Gasteiger partial charge is 0.526 e. The number of aromatic nitrogens is 4. The summed E-state index contributed by atoms with van der Waals surface area (Å²) in [6.45, 7) is 1.57. The number of carbonyl (C=O) groups excluding carboxylic acids is 2. The first-order valence-electron chi connectivity index (χ1n) is 7.94. The van der Waals surface area contributed by atoms with Crippen LogP contribution in [0.15, 0.2) is 18.2 Å². The van der Waals surface area contributed by atoms with Crippen LogP contribution < -0.4 is 10.4 Å². The molecule has 0 bridgehead atoms. The van der Waals surface area contributed by atoms with Crippen molar-refractivity contribution in [1.82, 2.24) is 20.2 Å². The fraction of sp³-hybridized carbons (Fsp3) is 0.400. The number of nitrogens with zero attached hydrogens (tertiary/aromatic N) is 4. The number of ketones is 2. The Morgan fingerprint density at radius 1 is 1.48 bits per heavy atom. The van der Waals surface area contributed by atoms with Gasteiger partial charge in [0.1, 0.15) is 12.3 Å². The first-order chi connectivity index (χ1) is 12.0. The quantitative estimate of drug-likeness (QED) is 0.543. The fourth-order valence-corrected chi connectivity index (χ4v) is 2.95. The van der Waals surface area contributed by atoms with E-state index < -0.39 is 12.9 Å². The zero-order valence-electron chi connectivity index (χ0n) is 13.8. The molecule has 1 aromatic heterocycles. The van der Waals surface area contributed by atoms with E-state index in [9.17, 15) is 14.6 Å². The molecule has 130 valence electrons. The SMILES string of the molecule is CC(=O)c1cccc2c1OB(O)[C@@H](CC(=O)Cn1nnnc1CN)C2. The van der Waals surface area contributed by atoms with Crippen LogP contribution in [0, 0.1) is 0 Å². The second kappa shape index (κ2) is 7.12. The lowest BCUT2D eigenvalue weighted by molar-refractivity contribution is -0.120. The Bertz CT molecular complexity index is 809. The van der Waals surface area contributed by atoms with Crippen LogP contribution in [-0.2, 0) is 24.3 Å². The number of nitrogens with two attached hydrogens (primary N) is 1. The Balaban J connectivity index is 1.71. The predicted octanol–water partition coefficient (Wildman–Crippen LogP) is -0.221. The van der Waals surface area contributed by atoms with Crippen LogP contribution >= 0.6 is 0 Å². The van der Waals surface area contributed by atoms with Crippen molar-refractivity contribution in [3.8, 4) is 5.75 Å². The number of benzene rings is 1. The van der Waals surface area contributed by atoms with Crippen molar-refractivity contribution in [2.75, 3.05) is 0 Å². The van der Waals surface area contributed by atoms with Crippen molar-refractivity contribution in [2.45, 2.75) is 38.7 Å². The molecule has 0 aliphatic carbocycles. The molecule has 1 aliphatic heterocycles. The van der Waals surface area contributed by atoms with Crippen molar-refractivity contribution >= 4 is 18.7 Å². The van der Waals surface area contributed by atoms with Crippen LogP contribution in [0.1, 0.15) is 35.1 Å². The summed E-state index contributed by atoms with van der Waals surface area (Å²) in [4.78, 5) is 24.0. The second-order valence-corrected chi connectivity index (χ2v) is 6.02. The van der Waals surface area contributed by atoms with Gasteiger partial charge in [0.2, 0.25) is 0 Å². The largest absolute Gasteiger partial charge is 0.535 e. The van der Waals surface area contributed by atoms with E-state index in [2.05, 4.69) is 15.5 Å². The average Bonchev–Trinajstić information content (AvgIpc) is 3.01. The van der Waals surface area contributed by atoms with Gasteiger partial charge < -0.3 is 15.4 Å². The van der Waals surface area contributed by atoms with E-state index in [4.69, 9.17) is 10.4 Å². The van der Waals surface area contributed by atoms with E-state index in [-0.39, 0.29) is 31.1 Å². The highest BCUT2D eigenvalue weighted by Gasteiger charge is 2.37. The number of tetrazole rings is 1. The summed E-state index contributed by atoms with van der Waals surface area (Å²) in [5.74, 6) is 0.148. The van der Waals surface area contributed by atoms with E-state index in [0.717, 1.165) is 5.56 Å². The maximum absolute atomic E-state index is 12.3. The molecule has 0 fully saturated rings. The molecule has 0 radical (unpaired) electrons. The maximum atomic E-state index is 12.3. The number of para-hydroxylation sites is 1. The molecular weight excluding hydrogens is 325 g/mol. The minimum absolute atomic E-state index is 0.0108. The Labute approximate surface area is 144 Å². The molecule has 1 aliphatic rings. The molecule has 2 aromatic rings. The van der Waals surface area contributed by atoms with Crippen LogP contribution in [-0.4, -0.2) is 43.9 Å². The first kappa shape index (κ1) is 17.2. The third-order valence-electron chi connectivity index (χ3n) is 4.20. The summed E-state index contributed by atoms with van der Waals surface area (Å²) >= 11 is 0. The number of hydrogen-bond acceptors (Lipinski definition) is 8. The van der Waals surface area contributed by atoms with Gasteiger partial charge in [-0.1, -0.05) is 12.1 Å². The molecule has 9 nitrogen and oxygen atoms in total. The minimum Gasteiger partial charge on any atom is -0.535 e. The molecule has 0 spiro atoms. The van der Waals surface area contributed by atoms with Gasteiger partial charge in [0.15, 0.2) is 17.4 Å². The van der Waals surface area contributed by atoms with Crippen LogP contribution in [0.5, 0.6) is 5.75 Å². The van der Waals surface area contributed by atoms with E-state index in [1.165, 1.54) is 11.6 Å². The first-order valence-corrected chi connectivity index (χ1v) is 7.94. The van der Waals surface area contributed by atoms with Crippen LogP contribution in [0.2, 0.25) is 5.82 Å². The molecule has 3 N–H and O–H groups in total. The molecule has 2 heterocycles. The van der Waals surface area contributed by atoms with Gasteiger partial charge in [-0.15, -0.1) is 5.10 Å². The summed E-state index contributed by atoms with van der Waals surface area (Å²) < 4.78 is 6.88. The van der Waals surface area contributed by atoms with Crippen molar-refractivity contribution in [3.05, 3.63) is 35.2 Å². The van der Waals surface area contributed by atoms with Gasteiger partial charge in [-0.2, -0.15) is 0 Å². The third kappa shape index (κ3) is 3.59. The van der Waals surface area contributed by atoms with E-state index in [1.54, 1.807) is 12.1 Å². The Kier molecular flexibility index (Phi) is 4.91. The van der Waals surface area contributed by atoms with Crippen LogP contribution in [0.25, 0.3) is 0 Å². The lowest BCUT2D eigenvalue weighted by Crippen LogP contribution is -2.36. The van der Waals surface area contributed by atoms with Crippen LogP contribution in [0.4, 0.5) is 0 Å². The predicted molar refractivity (Wildman–Crippen MR) is 87.8 cm³/mol. The number of rotatable bonds is 6. The third-order valence-corrected chi connectivity index (χ3v) is 4.20. The minimum atomic E-state index is -1.15. The Morgan fingerprint density at radius 2 is 2.28 bits per heavy atom. The highest BCUT2D eigenvalue weighted by Crippen LogP contribution is 2.36. The number of hydrogen-bond donors (Lipinski definition) is 2. The number of carbonyl (C=O) groups is 2. The van der Waals surface area contributed by atoms with Gasteiger partial charge in [0.05, 0.1) is 12.1 Å². The lowest BCUT2D eigenvalue weighted by atomic mass is 9.64. The summed E-state index contributed by atoms with van der Waals surface area (Å²) in [7, 11) is -1.15. The highest BCUT2D eigenvalue weighted by atomic mass is 16.5. The topological polar surface area (TPSA) is 133 Å². The second-order valence-electron chi connectivity index (χ2n) is 6.02. The summed E-state index contributed by atoms with van der Waals surface area (Å²) in [5, 5.41) is 21.2. The molecule has 25 heavy (non-hydrogen) atoms. The zero-order valence-corrected chi connectivity index (χ0v) is 13.8. The van der Waals surface area contributed by atoms with E-state index >= 15 is 0 Å². The van der Waals surface area contributed by atoms with Gasteiger partial charge in [0, 0.05) is 12.2 Å². The molecule has 10 heteroatoms. The van der Waals surface area contributed by atoms with Crippen molar-refractivity contribution in [3.63, 3.8) is 0 Å². The number of fused-ring (bicyclic) bond motifs is 1. The van der Waals surface area contributed by atoms with Crippen molar-refractivity contribution in [1.29, 1.82) is 0 Å². The highest BCUT2D eigenvalue weighted by molar-refractivity contribution is 6.47. The van der Waals surface area contributed by atoms with Gasteiger partial charge in [0.25, 0.3) is 0 Å². The molecule has 0 saturated heterocycles. The lowest BCUT2D eigenvalue weighted by Gasteiger charge is -2.28. The molecule has 1 atom stereocenters. The molecular formula is C15H18BN5O4. The van der Waals surface area contributed by atoms with Gasteiger partial charge in [-0.05, 0) is 35.4 Å². The molecule has 3 rings (SSSR count). The van der Waals surface area contributed by atoms with Crippen LogP contribution in [0.3, 0.4) is 0 Å². The van der Waals surface area contributed by atoms with Gasteiger partial charge in [-0.25, -0.2) is 4.68 Å². The summed E-state index contributed by atoms with van der Waals surface area (Å²) in [6, 6.07) is 5.26. The molecule has 0 saturated carbocycles. The number of Topliss-reactive ketones (excluding diaryl/α,β-unsaturated/α-hetero) is 2. The molecule has 1 aromatic carbocycles. The standard InChI is InChI=1S/C15H18BN5O4/c1-9(22)13-4-2-3-10-5-11(16(24)25-15(10)13)6-12(23)8-21-14(7-17)18-19-20-21/h2-4,11,24H,5-8,17H2,1H3/t11-/m1/s1. The monoisotopic (exact) mass is 343 g/mol. The van der Waals surface area contributed by atoms with E-state index in [1.807, 2.05) is 6.07 Å². The Morgan fingerprint density at radius 3 is 3.00 bits per heavy atom. The summed E-state index contributed by atoms with van der Waals surface area (Å²) in [5.41, 5.74) is 6.75. The molecule has 0 unspecified atom stereocenters. The maximum Gasteiger partial charge on any atom is 0.526 e. The normalized spacial score (nSPS) is 16.3. The zero-order chi connectivity index (χ0) is 18.0. The van der Waals surface area contributed by atoms with E-state index in [0.29, 0.717) is 23.6 Å². The average molecular weight is 343 g/mol. The Hall–Kier alpha value is -2.59. The van der Waals surface area contributed by atoms with Crippen molar-refractivity contribution in [2.24, 2.45) is 5.73 Å². The van der Waals surface area contributed by atoms with Gasteiger partial charge in [-0.3, -0.25) is 9.59 Å². The van der Waals surface area contributed by atoms with Crippen molar-refractivity contribution < 1.29 is 19.3 Å². The van der Waals surface area contributed by atoms with Gasteiger partial charge >= 0.3 is 7.12 Å². The molecule has 0 amide bonds. The fourth-order valence-electron chi connectivity index (χ4n) is 2.95. The summed E-state index contributed by atoms with van der Waals surface area (Å²) in [6.07, 6.45) is 0.553.